The highest BCUT2D eigenvalue weighted by atomic mass is 16.4. The Balaban J connectivity index is 1.51. The molecule has 2 aromatic heterocycles. The van der Waals surface area contributed by atoms with Crippen molar-refractivity contribution < 1.29 is 9.90 Å². The first-order valence-electron chi connectivity index (χ1n) is 12.4. The lowest BCUT2D eigenvalue weighted by Gasteiger charge is -2.16. The van der Waals surface area contributed by atoms with Gasteiger partial charge in [0.15, 0.2) is 0 Å². The van der Waals surface area contributed by atoms with Crippen molar-refractivity contribution >= 4 is 5.97 Å². The summed E-state index contributed by atoms with van der Waals surface area (Å²) in [7, 11) is 0. The highest BCUT2D eigenvalue weighted by Gasteiger charge is 2.17. The van der Waals surface area contributed by atoms with Crippen LogP contribution in [0.2, 0.25) is 0 Å². The molecule has 2 heterocycles. The summed E-state index contributed by atoms with van der Waals surface area (Å²) in [6, 6.07) is 22.5. The molecular formula is C29H26N6O3. The van der Waals surface area contributed by atoms with Gasteiger partial charge in [-0.15, -0.1) is 10.2 Å². The Bertz CT molecular complexity index is 1630. The van der Waals surface area contributed by atoms with Crippen LogP contribution < -0.4 is 5.56 Å². The molecule has 0 amide bonds. The third-order valence-corrected chi connectivity index (χ3v) is 6.41. The molecule has 2 N–H and O–H groups in total. The molecular weight excluding hydrogens is 480 g/mol. The second-order valence-electron chi connectivity index (χ2n) is 8.94. The van der Waals surface area contributed by atoms with Crippen LogP contribution in [0.1, 0.15) is 41.5 Å². The maximum Gasteiger partial charge on any atom is 0.336 e. The van der Waals surface area contributed by atoms with Gasteiger partial charge in [-0.25, -0.2) is 4.79 Å². The molecule has 9 nitrogen and oxygen atoms in total. The zero-order valence-corrected chi connectivity index (χ0v) is 20.8. The van der Waals surface area contributed by atoms with E-state index < -0.39 is 11.5 Å². The number of carbonyl (C=O) groups is 1. The lowest BCUT2D eigenvalue weighted by Crippen LogP contribution is -2.21. The number of hydrogen-bond acceptors (Lipinski definition) is 6. The van der Waals surface area contributed by atoms with E-state index >= 15 is 0 Å². The van der Waals surface area contributed by atoms with Crippen LogP contribution in [0.4, 0.5) is 0 Å². The first-order chi connectivity index (χ1) is 18.5. The van der Waals surface area contributed by atoms with Crippen LogP contribution in [0.3, 0.4) is 0 Å². The van der Waals surface area contributed by atoms with E-state index in [1.165, 1.54) is 6.07 Å². The molecule has 0 spiro atoms. The molecule has 9 heteroatoms. The van der Waals surface area contributed by atoms with E-state index in [-0.39, 0.29) is 11.1 Å². The van der Waals surface area contributed by atoms with Gasteiger partial charge in [-0.05, 0) is 34.4 Å². The highest BCUT2D eigenvalue weighted by molar-refractivity contribution is 5.95. The van der Waals surface area contributed by atoms with Crippen molar-refractivity contribution in [2.45, 2.75) is 32.7 Å². The number of aromatic amines is 1. The summed E-state index contributed by atoms with van der Waals surface area (Å²) in [5.74, 6) is 0.122. The summed E-state index contributed by atoms with van der Waals surface area (Å²) in [5, 5.41) is 24.1. The summed E-state index contributed by atoms with van der Waals surface area (Å²) in [6.07, 6.45) is 4.25. The SMILES string of the molecule is CCCCc1nc(=O)c(-c2ccccc2C(=O)O)cn1Cc1ccc(-c2ccccc2-c2nn[nH]n2)cc1. The highest BCUT2D eigenvalue weighted by Crippen LogP contribution is 2.30. The van der Waals surface area contributed by atoms with Gasteiger partial charge in [0.2, 0.25) is 5.82 Å². The maximum atomic E-state index is 13.0. The number of nitrogens with one attached hydrogen (secondary N) is 1. The van der Waals surface area contributed by atoms with E-state index in [0.717, 1.165) is 35.1 Å². The van der Waals surface area contributed by atoms with Crippen LogP contribution >= 0.6 is 0 Å². The Morgan fingerprint density at radius 1 is 0.921 bits per heavy atom. The molecule has 38 heavy (non-hydrogen) atoms. The topological polar surface area (TPSA) is 127 Å². The van der Waals surface area contributed by atoms with E-state index in [2.05, 4.69) is 32.5 Å². The Morgan fingerprint density at radius 3 is 2.32 bits per heavy atom. The van der Waals surface area contributed by atoms with Gasteiger partial charge >= 0.3 is 5.97 Å². The number of unbranched alkanes of at least 4 members (excludes halogenated alkanes) is 1. The van der Waals surface area contributed by atoms with E-state index in [4.69, 9.17) is 0 Å². The molecule has 0 unspecified atom stereocenters. The minimum absolute atomic E-state index is 0.0730. The lowest BCUT2D eigenvalue weighted by atomic mass is 9.98. The van der Waals surface area contributed by atoms with Crippen LogP contribution in [0, 0.1) is 0 Å². The number of H-pyrrole nitrogens is 1. The number of aromatic nitrogens is 6. The molecule has 190 valence electrons. The maximum absolute atomic E-state index is 13.0. The fourth-order valence-corrected chi connectivity index (χ4v) is 4.48. The van der Waals surface area contributed by atoms with Gasteiger partial charge in [0.25, 0.3) is 5.56 Å². The summed E-state index contributed by atoms with van der Waals surface area (Å²) >= 11 is 0. The third-order valence-electron chi connectivity index (χ3n) is 6.41. The van der Waals surface area contributed by atoms with Crippen LogP contribution in [-0.4, -0.2) is 41.3 Å². The number of benzene rings is 3. The van der Waals surface area contributed by atoms with Gasteiger partial charge < -0.3 is 9.67 Å². The van der Waals surface area contributed by atoms with Gasteiger partial charge in [-0.3, -0.25) is 4.79 Å². The van der Waals surface area contributed by atoms with Gasteiger partial charge in [0, 0.05) is 30.3 Å². The van der Waals surface area contributed by atoms with Crippen molar-refractivity contribution in [3.63, 3.8) is 0 Å². The summed E-state index contributed by atoms with van der Waals surface area (Å²) in [6.45, 7) is 2.58. The number of tetrazole rings is 1. The van der Waals surface area contributed by atoms with Crippen LogP contribution in [0.5, 0.6) is 0 Å². The van der Waals surface area contributed by atoms with Gasteiger partial charge in [-0.2, -0.15) is 10.2 Å². The summed E-state index contributed by atoms with van der Waals surface area (Å²) < 4.78 is 1.95. The number of hydrogen-bond donors (Lipinski definition) is 2. The Morgan fingerprint density at radius 2 is 1.63 bits per heavy atom. The average molecular weight is 507 g/mol. The van der Waals surface area contributed by atoms with Crippen molar-refractivity contribution in [3.8, 4) is 33.6 Å². The van der Waals surface area contributed by atoms with Crippen LogP contribution in [0.15, 0.2) is 83.8 Å². The van der Waals surface area contributed by atoms with Crippen molar-refractivity contribution in [3.05, 3.63) is 106 Å². The number of nitrogens with zero attached hydrogens (tertiary/aromatic N) is 5. The molecule has 0 atom stereocenters. The first kappa shape index (κ1) is 24.8. The fraction of sp³-hybridized carbons (Fsp3) is 0.172. The predicted octanol–water partition coefficient (Wildman–Crippen LogP) is 4.85. The monoisotopic (exact) mass is 506 g/mol. The van der Waals surface area contributed by atoms with Gasteiger partial charge in [-0.1, -0.05) is 80.1 Å². The molecule has 3 aromatic carbocycles. The fourth-order valence-electron chi connectivity index (χ4n) is 4.48. The molecule has 0 bridgehead atoms. The van der Waals surface area contributed by atoms with Gasteiger partial charge in [0.1, 0.15) is 5.82 Å². The Kier molecular flexibility index (Phi) is 7.17. The molecule has 5 aromatic rings. The van der Waals surface area contributed by atoms with E-state index in [9.17, 15) is 14.7 Å². The molecule has 5 rings (SSSR count). The number of carboxylic acids is 1. The summed E-state index contributed by atoms with van der Waals surface area (Å²) in [5.41, 5.74) is 4.18. The smallest absolute Gasteiger partial charge is 0.336 e. The molecule has 0 aliphatic heterocycles. The largest absolute Gasteiger partial charge is 0.478 e. The average Bonchev–Trinajstić information content (AvgIpc) is 3.48. The lowest BCUT2D eigenvalue weighted by molar-refractivity contribution is 0.0697. The standard InChI is InChI=1S/C29H26N6O3/c1-2-3-12-26-30-28(36)25(22-9-5-7-11-24(22)29(37)38)18-35(26)17-19-13-15-20(16-14-19)21-8-4-6-10-23(21)27-31-33-34-32-27/h4-11,13-16,18H,2-3,12,17H2,1H3,(H,37,38)(H,31,32,33,34). The second kappa shape index (κ2) is 11.0. The second-order valence-corrected chi connectivity index (χ2v) is 8.94. The first-order valence-corrected chi connectivity index (χ1v) is 12.4. The van der Waals surface area contributed by atoms with Crippen LogP contribution in [-0.2, 0) is 13.0 Å². The number of rotatable bonds is 9. The van der Waals surface area contributed by atoms with Gasteiger partial charge in [0.05, 0.1) is 11.1 Å². The quantitative estimate of drug-likeness (QED) is 0.293. The van der Waals surface area contributed by atoms with E-state index in [0.29, 0.717) is 30.2 Å². The molecule has 0 saturated carbocycles. The zero-order chi connectivity index (χ0) is 26.5. The predicted molar refractivity (Wildman–Crippen MR) is 144 cm³/mol. The van der Waals surface area contributed by atoms with Crippen molar-refractivity contribution in [1.29, 1.82) is 0 Å². The molecule has 0 aliphatic rings. The van der Waals surface area contributed by atoms with Crippen molar-refractivity contribution in [1.82, 2.24) is 30.2 Å². The molecule has 0 saturated heterocycles. The zero-order valence-electron chi connectivity index (χ0n) is 20.8. The normalized spacial score (nSPS) is 11.0. The molecule has 0 fully saturated rings. The Labute approximate surface area is 218 Å². The molecule has 0 radical (unpaired) electrons. The van der Waals surface area contributed by atoms with E-state index in [1.807, 2.05) is 53.1 Å². The summed E-state index contributed by atoms with van der Waals surface area (Å²) in [4.78, 5) is 29.2. The number of aryl methyl sites for hydroxylation is 1. The number of carboxylic acid groups (broad SMARTS) is 1. The van der Waals surface area contributed by atoms with Crippen LogP contribution in [0.25, 0.3) is 33.6 Å². The third kappa shape index (κ3) is 5.12. The minimum Gasteiger partial charge on any atom is -0.478 e. The Hall–Kier alpha value is -4.92. The number of aromatic carboxylic acids is 1. The molecule has 0 aliphatic carbocycles. The van der Waals surface area contributed by atoms with Crippen molar-refractivity contribution in [2.75, 3.05) is 0 Å². The van der Waals surface area contributed by atoms with Crippen molar-refractivity contribution in [2.24, 2.45) is 0 Å². The van der Waals surface area contributed by atoms with E-state index in [1.54, 1.807) is 24.4 Å². The minimum atomic E-state index is -1.08.